The lowest BCUT2D eigenvalue weighted by Gasteiger charge is -2.05. The molecule has 8 nitrogen and oxygen atoms in total. The molecule has 0 radical (unpaired) electrons. The van der Waals surface area contributed by atoms with Gasteiger partial charge < -0.3 is 4.74 Å². The number of benzene rings is 2. The SMILES string of the molecule is C#CCOc1ccccc1/C=N\NC(=O)C(=O)Nc1nnc(-c2ccccc2)s1. The second-order valence-corrected chi connectivity index (χ2v) is 6.44. The molecule has 2 amide bonds. The number of carbonyl (C=O) groups is 2. The fourth-order valence-electron chi connectivity index (χ4n) is 2.17. The zero-order valence-corrected chi connectivity index (χ0v) is 15.8. The molecular weight excluding hydrogens is 390 g/mol. The van der Waals surface area contributed by atoms with Crippen molar-refractivity contribution in [1.29, 1.82) is 0 Å². The third-order valence-corrected chi connectivity index (χ3v) is 4.36. The molecule has 0 fully saturated rings. The van der Waals surface area contributed by atoms with Crippen LogP contribution in [0.4, 0.5) is 5.13 Å². The Morgan fingerprint density at radius 3 is 2.66 bits per heavy atom. The van der Waals surface area contributed by atoms with E-state index in [1.54, 1.807) is 24.3 Å². The van der Waals surface area contributed by atoms with Gasteiger partial charge in [-0.1, -0.05) is 59.7 Å². The molecule has 0 saturated carbocycles. The maximum Gasteiger partial charge on any atom is 0.329 e. The van der Waals surface area contributed by atoms with Gasteiger partial charge in [0.1, 0.15) is 17.4 Å². The summed E-state index contributed by atoms with van der Waals surface area (Å²) in [5.74, 6) is 1.03. The number of terminal acetylenes is 1. The molecule has 0 aliphatic heterocycles. The van der Waals surface area contributed by atoms with Gasteiger partial charge in [-0.2, -0.15) is 5.10 Å². The van der Waals surface area contributed by atoms with Crippen LogP contribution in [0.25, 0.3) is 10.6 Å². The number of hydrogen-bond acceptors (Lipinski definition) is 7. The summed E-state index contributed by atoms with van der Waals surface area (Å²) in [6.45, 7) is 0.104. The van der Waals surface area contributed by atoms with Gasteiger partial charge in [-0.3, -0.25) is 14.9 Å². The average Bonchev–Trinajstić information content (AvgIpc) is 3.22. The molecule has 0 spiro atoms. The van der Waals surface area contributed by atoms with Crippen molar-refractivity contribution >= 4 is 34.5 Å². The molecular formula is C20H15N5O3S. The van der Waals surface area contributed by atoms with E-state index >= 15 is 0 Å². The topological polar surface area (TPSA) is 106 Å². The lowest BCUT2D eigenvalue weighted by atomic mass is 10.2. The summed E-state index contributed by atoms with van der Waals surface area (Å²) >= 11 is 1.16. The van der Waals surface area contributed by atoms with E-state index in [-0.39, 0.29) is 11.7 Å². The van der Waals surface area contributed by atoms with Gasteiger partial charge in [0, 0.05) is 11.1 Å². The summed E-state index contributed by atoms with van der Waals surface area (Å²) in [5, 5.41) is 14.9. The summed E-state index contributed by atoms with van der Waals surface area (Å²) in [7, 11) is 0. The van der Waals surface area contributed by atoms with Crippen molar-refractivity contribution in [2.24, 2.45) is 5.10 Å². The van der Waals surface area contributed by atoms with Crippen LogP contribution in [0.15, 0.2) is 59.7 Å². The Hall–Kier alpha value is -4.03. The molecule has 1 aromatic heterocycles. The maximum absolute atomic E-state index is 12.0. The predicted octanol–water partition coefficient (Wildman–Crippen LogP) is 2.31. The first-order valence-corrected chi connectivity index (χ1v) is 9.17. The average molecular weight is 405 g/mol. The lowest BCUT2D eigenvalue weighted by molar-refractivity contribution is -0.136. The van der Waals surface area contributed by atoms with Crippen LogP contribution in [-0.2, 0) is 9.59 Å². The van der Waals surface area contributed by atoms with Crippen molar-refractivity contribution in [3.63, 3.8) is 0 Å². The molecule has 1 heterocycles. The first-order valence-electron chi connectivity index (χ1n) is 8.36. The first-order chi connectivity index (χ1) is 14.2. The van der Waals surface area contributed by atoms with E-state index in [2.05, 4.69) is 32.0 Å². The highest BCUT2D eigenvalue weighted by atomic mass is 32.1. The molecule has 3 aromatic rings. The van der Waals surface area contributed by atoms with Crippen LogP contribution >= 0.6 is 11.3 Å². The Balaban J connectivity index is 1.57. The van der Waals surface area contributed by atoms with Crippen molar-refractivity contribution in [2.75, 3.05) is 11.9 Å². The van der Waals surface area contributed by atoms with Crippen LogP contribution in [0.5, 0.6) is 5.75 Å². The van der Waals surface area contributed by atoms with Gasteiger partial charge in [-0.05, 0) is 12.1 Å². The van der Waals surface area contributed by atoms with Crippen LogP contribution in [0, 0.1) is 12.3 Å². The van der Waals surface area contributed by atoms with E-state index in [9.17, 15) is 9.59 Å². The maximum atomic E-state index is 12.0. The molecule has 3 rings (SSSR count). The number of hydrogen-bond donors (Lipinski definition) is 2. The molecule has 2 aromatic carbocycles. The molecule has 0 bridgehead atoms. The van der Waals surface area contributed by atoms with Crippen molar-refractivity contribution in [2.45, 2.75) is 0 Å². The fraction of sp³-hybridized carbons (Fsp3) is 0.0500. The Bertz CT molecular complexity index is 1070. The first kappa shape index (κ1) is 19.7. The standard InChI is InChI=1S/C20H15N5O3S/c1-2-12-28-16-11-7-6-10-15(16)13-21-23-18(27)17(26)22-20-25-24-19(29-20)14-8-4-3-5-9-14/h1,3-11,13H,12H2,(H,23,27)(H,22,25,26)/b21-13-. The van der Waals surface area contributed by atoms with E-state index in [1.165, 1.54) is 6.21 Å². The van der Waals surface area contributed by atoms with Crippen LogP contribution in [0.2, 0.25) is 0 Å². The Kier molecular flexibility index (Phi) is 6.65. The van der Waals surface area contributed by atoms with E-state index < -0.39 is 11.8 Å². The zero-order chi connectivity index (χ0) is 20.5. The minimum Gasteiger partial charge on any atom is -0.480 e. The minimum atomic E-state index is -0.945. The van der Waals surface area contributed by atoms with Crippen molar-refractivity contribution in [3.05, 3.63) is 60.2 Å². The predicted molar refractivity (Wildman–Crippen MR) is 110 cm³/mol. The second-order valence-electron chi connectivity index (χ2n) is 5.46. The highest BCUT2D eigenvalue weighted by molar-refractivity contribution is 7.18. The number of hydrazone groups is 1. The van der Waals surface area contributed by atoms with Gasteiger partial charge in [0.25, 0.3) is 0 Å². The molecule has 144 valence electrons. The van der Waals surface area contributed by atoms with Crippen LogP contribution in [-0.4, -0.2) is 34.8 Å². The van der Waals surface area contributed by atoms with Gasteiger partial charge in [0.15, 0.2) is 0 Å². The smallest absolute Gasteiger partial charge is 0.329 e. The fourth-order valence-corrected chi connectivity index (χ4v) is 2.92. The molecule has 0 aliphatic carbocycles. The van der Waals surface area contributed by atoms with E-state index in [0.29, 0.717) is 16.3 Å². The van der Waals surface area contributed by atoms with Crippen molar-refractivity contribution < 1.29 is 14.3 Å². The quantitative estimate of drug-likeness (QED) is 0.283. The molecule has 0 atom stereocenters. The number of amides is 2. The number of nitrogens with one attached hydrogen (secondary N) is 2. The second kappa shape index (κ2) is 9.77. The number of para-hydroxylation sites is 1. The van der Waals surface area contributed by atoms with Gasteiger partial charge in [0.2, 0.25) is 5.13 Å². The van der Waals surface area contributed by atoms with Crippen molar-refractivity contribution in [3.8, 4) is 28.7 Å². The molecule has 2 N–H and O–H groups in total. The third-order valence-electron chi connectivity index (χ3n) is 3.47. The number of nitrogens with zero attached hydrogens (tertiary/aromatic N) is 3. The molecule has 0 saturated heterocycles. The normalized spacial score (nSPS) is 10.3. The van der Waals surface area contributed by atoms with Gasteiger partial charge in [-0.15, -0.1) is 16.6 Å². The number of anilines is 1. The largest absolute Gasteiger partial charge is 0.480 e. The molecule has 0 unspecified atom stereocenters. The highest BCUT2D eigenvalue weighted by Gasteiger charge is 2.16. The molecule has 29 heavy (non-hydrogen) atoms. The third kappa shape index (κ3) is 5.47. The summed E-state index contributed by atoms with van der Waals surface area (Å²) in [6, 6.07) is 16.4. The Morgan fingerprint density at radius 1 is 1.10 bits per heavy atom. The Labute approximate surface area is 170 Å². The van der Waals surface area contributed by atoms with Gasteiger partial charge in [-0.25, -0.2) is 5.43 Å². The summed E-state index contributed by atoms with van der Waals surface area (Å²) < 4.78 is 5.38. The van der Waals surface area contributed by atoms with Crippen LogP contribution in [0.1, 0.15) is 5.56 Å². The van der Waals surface area contributed by atoms with Crippen LogP contribution in [0.3, 0.4) is 0 Å². The Morgan fingerprint density at radius 2 is 1.86 bits per heavy atom. The summed E-state index contributed by atoms with van der Waals surface area (Å²) in [6.07, 6.45) is 6.54. The zero-order valence-electron chi connectivity index (χ0n) is 15.0. The number of aromatic nitrogens is 2. The van der Waals surface area contributed by atoms with Gasteiger partial charge >= 0.3 is 11.8 Å². The highest BCUT2D eigenvalue weighted by Crippen LogP contribution is 2.25. The number of rotatable bonds is 6. The van der Waals surface area contributed by atoms with Gasteiger partial charge in [0.05, 0.1) is 6.21 Å². The summed E-state index contributed by atoms with van der Waals surface area (Å²) in [4.78, 5) is 23.9. The van der Waals surface area contributed by atoms with Crippen molar-refractivity contribution in [1.82, 2.24) is 15.6 Å². The minimum absolute atomic E-state index is 0.104. The van der Waals surface area contributed by atoms with E-state index in [0.717, 1.165) is 16.9 Å². The summed E-state index contributed by atoms with van der Waals surface area (Å²) in [5.41, 5.74) is 3.62. The molecule has 9 heteroatoms. The number of carbonyl (C=O) groups excluding carboxylic acids is 2. The van der Waals surface area contributed by atoms with E-state index in [1.807, 2.05) is 30.3 Å². The van der Waals surface area contributed by atoms with Crippen LogP contribution < -0.4 is 15.5 Å². The lowest BCUT2D eigenvalue weighted by Crippen LogP contribution is -2.32. The monoisotopic (exact) mass is 405 g/mol. The number of ether oxygens (including phenoxy) is 1. The van der Waals surface area contributed by atoms with E-state index in [4.69, 9.17) is 11.2 Å². The molecule has 0 aliphatic rings.